The predicted octanol–water partition coefficient (Wildman–Crippen LogP) is 2.27. The van der Waals surface area contributed by atoms with Gasteiger partial charge < -0.3 is 0 Å². The number of hydrogen-bond donors (Lipinski definition) is 0. The van der Waals surface area contributed by atoms with Crippen LogP contribution in [0.2, 0.25) is 5.02 Å². The summed E-state index contributed by atoms with van der Waals surface area (Å²) in [6.07, 6.45) is 4.53. The van der Waals surface area contributed by atoms with Gasteiger partial charge in [-0.15, -0.1) is 0 Å². The van der Waals surface area contributed by atoms with Crippen LogP contribution in [0, 0.1) is 11.3 Å². The molecule has 0 aliphatic heterocycles. The van der Waals surface area contributed by atoms with E-state index in [9.17, 15) is 0 Å². The largest absolute Gasteiger partial charge is 0.255 e. The molecule has 0 spiro atoms. The van der Waals surface area contributed by atoms with Crippen molar-refractivity contribution in [1.29, 1.82) is 5.26 Å². The molecular weight excluding hydrogens is 160 g/mol. The minimum absolute atomic E-state index is 0.596. The van der Waals surface area contributed by atoms with Gasteiger partial charge in [-0.3, -0.25) is 4.98 Å². The third-order valence-corrected chi connectivity index (χ3v) is 1.30. The SMILES string of the molecule is N#C/C=C\c1ccc(Cl)cn1. The minimum atomic E-state index is 0.596. The van der Waals surface area contributed by atoms with Gasteiger partial charge in [0.05, 0.1) is 16.8 Å². The van der Waals surface area contributed by atoms with Gasteiger partial charge in [-0.1, -0.05) is 11.6 Å². The van der Waals surface area contributed by atoms with E-state index >= 15 is 0 Å². The summed E-state index contributed by atoms with van der Waals surface area (Å²) in [6.45, 7) is 0. The van der Waals surface area contributed by atoms with Crippen LogP contribution in [-0.2, 0) is 0 Å². The molecule has 0 saturated heterocycles. The van der Waals surface area contributed by atoms with Crippen molar-refractivity contribution in [2.45, 2.75) is 0 Å². The highest BCUT2D eigenvalue weighted by molar-refractivity contribution is 6.30. The lowest BCUT2D eigenvalue weighted by Gasteiger charge is -1.89. The Balaban J connectivity index is 2.84. The first-order valence-corrected chi connectivity index (χ1v) is 3.38. The Labute approximate surface area is 69.8 Å². The van der Waals surface area contributed by atoms with Crippen LogP contribution in [0.4, 0.5) is 0 Å². The molecule has 1 heterocycles. The molecule has 0 N–H and O–H groups in total. The van der Waals surface area contributed by atoms with Crippen LogP contribution in [-0.4, -0.2) is 4.98 Å². The molecule has 0 fully saturated rings. The summed E-state index contributed by atoms with van der Waals surface area (Å²) in [5, 5.41) is 8.79. The Kier molecular flexibility index (Phi) is 2.65. The van der Waals surface area contributed by atoms with E-state index in [1.807, 2.05) is 6.07 Å². The quantitative estimate of drug-likeness (QED) is 0.597. The van der Waals surface area contributed by atoms with Crippen LogP contribution in [0.1, 0.15) is 5.69 Å². The summed E-state index contributed by atoms with van der Waals surface area (Å²) in [5.74, 6) is 0. The van der Waals surface area contributed by atoms with Gasteiger partial charge in [0.1, 0.15) is 0 Å². The van der Waals surface area contributed by atoms with E-state index in [2.05, 4.69) is 4.98 Å². The molecule has 1 aromatic heterocycles. The second kappa shape index (κ2) is 3.75. The van der Waals surface area contributed by atoms with Gasteiger partial charge >= 0.3 is 0 Å². The van der Waals surface area contributed by atoms with E-state index in [1.54, 1.807) is 24.4 Å². The molecule has 54 valence electrons. The fraction of sp³-hybridized carbons (Fsp3) is 0. The zero-order valence-corrected chi connectivity index (χ0v) is 6.42. The van der Waals surface area contributed by atoms with E-state index in [1.165, 1.54) is 6.08 Å². The predicted molar refractivity (Wildman–Crippen MR) is 43.9 cm³/mol. The number of allylic oxidation sites excluding steroid dienone is 1. The van der Waals surface area contributed by atoms with Crippen LogP contribution in [0.25, 0.3) is 6.08 Å². The Morgan fingerprint density at radius 1 is 1.55 bits per heavy atom. The third-order valence-electron chi connectivity index (χ3n) is 1.08. The highest BCUT2D eigenvalue weighted by atomic mass is 35.5. The Hall–Kier alpha value is -1.33. The van der Waals surface area contributed by atoms with Gasteiger partial charge in [0.2, 0.25) is 0 Å². The van der Waals surface area contributed by atoms with Crippen LogP contribution in [0.5, 0.6) is 0 Å². The van der Waals surface area contributed by atoms with Gasteiger partial charge in [0.25, 0.3) is 0 Å². The maximum atomic E-state index is 8.19. The maximum Gasteiger partial charge on any atom is 0.0912 e. The van der Waals surface area contributed by atoms with Gasteiger partial charge in [0.15, 0.2) is 0 Å². The second-order valence-electron chi connectivity index (χ2n) is 1.86. The maximum absolute atomic E-state index is 8.19. The fourth-order valence-corrected chi connectivity index (χ4v) is 0.720. The Morgan fingerprint density at radius 2 is 2.36 bits per heavy atom. The molecule has 2 nitrogen and oxygen atoms in total. The van der Waals surface area contributed by atoms with E-state index in [0.29, 0.717) is 5.02 Å². The molecule has 0 saturated carbocycles. The molecule has 0 amide bonds. The minimum Gasteiger partial charge on any atom is -0.255 e. The van der Waals surface area contributed by atoms with Crippen molar-refractivity contribution in [2.75, 3.05) is 0 Å². The first kappa shape index (κ1) is 7.77. The molecule has 0 aliphatic rings. The van der Waals surface area contributed by atoms with Crippen LogP contribution in [0.3, 0.4) is 0 Å². The standard InChI is InChI=1S/C8H5ClN2/c9-7-3-4-8(11-6-7)2-1-5-10/h1-4,6H/b2-1-. The number of halogens is 1. The molecule has 0 atom stereocenters. The van der Waals surface area contributed by atoms with Crippen molar-refractivity contribution in [3.63, 3.8) is 0 Å². The molecule has 1 rings (SSSR count). The number of aromatic nitrogens is 1. The molecular formula is C8H5ClN2. The number of rotatable bonds is 1. The van der Waals surface area contributed by atoms with E-state index in [4.69, 9.17) is 16.9 Å². The zero-order chi connectivity index (χ0) is 8.10. The van der Waals surface area contributed by atoms with Crippen LogP contribution >= 0.6 is 11.6 Å². The summed E-state index contributed by atoms with van der Waals surface area (Å²) in [7, 11) is 0. The van der Waals surface area contributed by atoms with Crippen LogP contribution in [0.15, 0.2) is 24.4 Å². The lowest BCUT2D eigenvalue weighted by atomic mass is 10.3. The first-order valence-electron chi connectivity index (χ1n) is 3.00. The molecule has 11 heavy (non-hydrogen) atoms. The van der Waals surface area contributed by atoms with E-state index in [0.717, 1.165) is 5.69 Å². The molecule has 3 heteroatoms. The van der Waals surface area contributed by atoms with Crippen LogP contribution < -0.4 is 0 Å². The summed E-state index contributed by atoms with van der Waals surface area (Å²) in [5.41, 5.74) is 0.732. The van der Waals surface area contributed by atoms with Gasteiger partial charge in [-0.05, 0) is 18.2 Å². The average Bonchev–Trinajstić information content (AvgIpc) is 2.04. The molecule has 1 aromatic rings. The number of nitrogens with zero attached hydrogens (tertiary/aromatic N) is 2. The van der Waals surface area contributed by atoms with E-state index in [-0.39, 0.29) is 0 Å². The first-order chi connectivity index (χ1) is 5.33. The van der Waals surface area contributed by atoms with Gasteiger partial charge in [-0.25, -0.2) is 0 Å². The molecule has 0 radical (unpaired) electrons. The van der Waals surface area contributed by atoms with Crippen molar-refractivity contribution in [2.24, 2.45) is 0 Å². The van der Waals surface area contributed by atoms with Crippen molar-refractivity contribution >= 4 is 17.7 Å². The summed E-state index contributed by atoms with van der Waals surface area (Å²) in [4.78, 5) is 3.95. The van der Waals surface area contributed by atoms with Crippen molar-refractivity contribution in [3.8, 4) is 6.07 Å². The molecule has 0 aromatic carbocycles. The Morgan fingerprint density at radius 3 is 2.91 bits per heavy atom. The lowest BCUT2D eigenvalue weighted by Crippen LogP contribution is -1.77. The van der Waals surface area contributed by atoms with Crippen molar-refractivity contribution in [3.05, 3.63) is 35.1 Å². The number of pyridine rings is 1. The highest BCUT2D eigenvalue weighted by Crippen LogP contribution is 2.06. The summed E-state index contributed by atoms with van der Waals surface area (Å²) in [6, 6.07) is 5.35. The third kappa shape index (κ3) is 2.40. The smallest absolute Gasteiger partial charge is 0.0912 e. The monoisotopic (exact) mass is 164 g/mol. The number of hydrogen-bond acceptors (Lipinski definition) is 2. The zero-order valence-electron chi connectivity index (χ0n) is 5.66. The molecule has 0 bridgehead atoms. The average molecular weight is 165 g/mol. The Bertz CT molecular complexity index is 295. The lowest BCUT2D eigenvalue weighted by molar-refractivity contribution is 1.30. The summed E-state index contributed by atoms with van der Waals surface area (Å²) < 4.78 is 0. The fourth-order valence-electron chi connectivity index (χ4n) is 0.608. The van der Waals surface area contributed by atoms with Gasteiger partial charge in [0, 0.05) is 12.3 Å². The van der Waals surface area contributed by atoms with Crippen molar-refractivity contribution in [1.82, 2.24) is 4.98 Å². The topological polar surface area (TPSA) is 36.7 Å². The highest BCUT2D eigenvalue weighted by Gasteiger charge is 1.87. The second-order valence-corrected chi connectivity index (χ2v) is 2.30. The number of nitriles is 1. The van der Waals surface area contributed by atoms with E-state index < -0.39 is 0 Å². The molecule has 0 unspecified atom stereocenters. The van der Waals surface area contributed by atoms with Crippen molar-refractivity contribution < 1.29 is 0 Å². The normalized spacial score (nSPS) is 9.82. The van der Waals surface area contributed by atoms with Gasteiger partial charge in [-0.2, -0.15) is 5.26 Å². The summed E-state index contributed by atoms with van der Waals surface area (Å²) >= 11 is 5.59. The molecule has 0 aliphatic carbocycles.